The number of hydrogen-bond acceptors (Lipinski definition) is 9. The summed E-state index contributed by atoms with van der Waals surface area (Å²) in [6, 6.07) is 5.59. The molecule has 1 aromatic heterocycles. The number of aliphatic hydroxyl groups is 1. The van der Waals surface area contributed by atoms with Crippen molar-refractivity contribution >= 4 is 23.7 Å². The number of anilines is 1. The Balaban J connectivity index is 0.000000331. The Bertz CT molecular complexity index is 1300. The molecule has 1 fully saturated rings. The van der Waals surface area contributed by atoms with Crippen LogP contribution in [0.3, 0.4) is 0 Å². The zero-order valence-electron chi connectivity index (χ0n) is 23.8. The molecule has 15 heteroatoms. The molecule has 0 atom stereocenters. The second-order valence-corrected chi connectivity index (χ2v) is 10.7. The van der Waals surface area contributed by atoms with Gasteiger partial charge in [-0.15, -0.1) is 0 Å². The second kappa shape index (κ2) is 14.1. The zero-order chi connectivity index (χ0) is 31.9. The number of rotatable bonds is 9. The fraction of sp³-hybridized carbons (Fsp3) is 0.536. The lowest BCUT2D eigenvalue weighted by atomic mass is 9.96. The minimum atomic E-state index is -4.32. The molecule has 1 saturated heterocycles. The first-order valence-corrected chi connectivity index (χ1v) is 13.6. The van der Waals surface area contributed by atoms with Gasteiger partial charge in [0.05, 0.1) is 37.3 Å². The SMILES string of the molecule is CC(C)c1nc2c(c(N3CCOCC3)n1)CCN(Cc1cccc(C(F)(F)F)c1)C2.O=C(O)CC(O)(CC(=O)O)C(=O)O. The Morgan fingerprint density at radius 2 is 1.63 bits per heavy atom. The van der Waals surface area contributed by atoms with Crippen molar-refractivity contribution in [2.24, 2.45) is 0 Å². The molecule has 12 nitrogen and oxygen atoms in total. The maximum Gasteiger partial charge on any atom is 0.416 e. The van der Waals surface area contributed by atoms with E-state index in [-0.39, 0.29) is 5.92 Å². The summed E-state index contributed by atoms with van der Waals surface area (Å²) < 4.78 is 44.6. The standard InChI is InChI=1S/C22H27F3N4O.C6H8O7/c1-15(2)20-26-19-14-28(13-16-4-3-5-17(12-16)22(23,24)25)7-6-18(19)21(27-20)29-8-10-30-11-9-29;7-3(8)1-6(13,5(11)12)2-4(9)10/h3-5,12,15H,6-11,13-14H2,1-2H3;13H,1-2H2,(H,7,8)(H,9,10)(H,11,12). The zero-order valence-corrected chi connectivity index (χ0v) is 23.8. The molecule has 0 radical (unpaired) electrons. The predicted molar refractivity (Wildman–Crippen MR) is 146 cm³/mol. The Labute approximate surface area is 245 Å². The van der Waals surface area contributed by atoms with Crippen LogP contribution in [0.15, 0.2) is 24.3 Å². The number of carboxylic acid groups (broad SMARTS) is 3. The monoisotopic (exact) mass is 612 g/mol. The maximum atomic E-state index is 13.0. The summed E-state index contributed by atoms with van der Waals surface area (Å²) in [6.07, 6.45) is -5.82. The molecule has 236 valence electrons. The molecule has 2 aliphatic rings. The Morgan fingerprint density at radius 1 is 1.00 bits per heavy atom. The van der Waals surface area contributed by atoms with Crippen molar-refractivity contribution in [3.8, 4) is 0 Å². The van der Waals surface area contributed by atoms with Gasteiger partial charge >= 0.3 is 24.1 Å². The molecule has 0 spiro atoms. The van der Waals surface area contributed by atoms with Gasteiger partial charge in [0.15, 0.2) is 5.60 Å². The van der Waals surface area contributed by atoms with Crippen LogP contribution >= 0.6 is 0 Å². The molecule has 43 heavy (non-hydrogen) atoms. The van der Waals surface area contributed by atoms with Crippen molar-refractivity contribution < 1.29 is 52.7 Å². The lowest BCUT2D eigenvalue weighted by Crippen LogP contribution is -2.42. The van der Waals surface area contributed by atoms with Crippen molar-refractivity contribution in [3.05, 3.63) is 52.5 Å². The van der Waals surface area contributed by atoms with Crippen molar-refractivity contribution in [2.45, 2.75) is 63.9 Å². The molecule has 0 bridgehead atoms. The van der Waals surface area contributed by atoms with Crippen molar-refractivity contribution in [2.75, 3.05) is 37.7 Å². The summed E-state index contributed by atoms with van der Waals surface area (Å²) in [4.78, 5) is 44.6. The smallest absolute Gasteiger partial charge is 0.416 e. The van der Waals surface area contributed by atoms with Crippen LogP contribution in [0.25, 0.3) is 0 Å². The summed E-state index contributed by atoms with van der Waals surface area (Å²) in [5.74, 6) is -2.99. The summed E-state index contributed by atoms with van der Waals surface area (Å²) in [5, 5.41) is 33.8. The van der Waals surface area contributed by atoms with Gasteiger partial charge in [-0.1, -0.05) is 32.0 Å². The van der Waals surface area contributed by atoms with Crippen molar-refractivity contribution in [3.63, 3.8) is 0 Å². The summed E-state index contributed by atoms with van der Waals surface area (Å²) >= 11 is 0. The Hall–Kier alpha value is -3.82. The van der Waals surface area contributed by atoms with Crippen LogP contribution in [0.2, 0.25) is 0 Å². The number of hydrogen-bond donors (Lipinski definition) is 4. The average Bonchev–Trinajstić information content (AvgIpc) is 2.92. The summed E-state index contributed by atoms with van der Waals surface area (Å²) in [5.41, 5.74) is -0.510. The first-order chi connectivity index (χ1) is 20.1. The van der Waals surface area contributed by atoms with E-state index in [1.165, 1.54) is 17.7 Å². The highest BCUT2D eigenvalue weighted by atomic mass is 19.4. The molecule has 0 amide bonds. The van der Waals surface area contributed by atoms with E-state index in [1.807, 2.05) is 0 Å². The summed E-state index contributed by atoms with van der Waals surface area (Å²) in [7, 11) is 0. The Morgan fingerprint density at radius 3 is 2.16 bits per heavy atom. The van der Waals surface area contributed by atoms with Crippen LogP contribution in [0.5, 0.6) is 0 Å². The van der Waals surface area contributed by atoms with Gasteiger partial charge in [-0.05, 0) is 18.1 Å². The molecule has 4 N–H and O–H groups in total. The van der Waals surface area contributed by atoms with E-state index in [2.05, 4.69) is 23.6 Å². The molecule has 1 aromatic carbocycles. The number of aliphatic carboxylic acids is 3. The first-order valence-electron chi connectivity index (χ1n) is 13.6. The van der Waals surface area contributed by atoms with E-state index in [1.54, 1.807) is 6.07 Å². The van der Waals surface area contributed by atoms with Crippen LogP contribution in [0.4, 0.5) is 19.0 Å². The van der Waals surface area contributed by atoms with Crippen molar-refractivity contribution in [1.82, 2.24) is 14.9 Å². The van der Waals surface area contributed by atoms with Crippen LogP contribution in [0.1, 0.15) is 60.8 Å². The third-order valence-electron chi connectivity index (χ3n) is 6.91. The molecule has 2 aliphatic heterocycles. The topological polar surface area (TPSA) is 174 Å². The van der Waals surface area contributed by atoms with E-state index in [9.17, 15) is 27.6 Å². The number of carboxylic acids is 3. The highest BCUT2D eigenvalue weighted by Crippen LogP contribution is 2.32. The van der Waals surface area contributed by atoms with Crippen LogP contribution in [-0.4, -0.2) is 91.7 Å². The molecule has 3 heterocycles. The molecule has 0 saturated carbocycles. The molecular formula is C28H35F3N4O8. The first kappa shape index (κ1) is 33.7. The van der Waals surface area contributed by atoms with Gasteiger partial charge in [0.2, 0.25) is 0 Å². The van der Waals surface area contributed by atoms with Crippen molar-refractivity contribution in [1.29, 1.82) is 0 Å². The van der Waals surface area contributed by atoms with E-state index >= 15 is 0 Å². The summed E-state index contributed by atoms with van der Waals surface area (Å²) in [6.45, 7) is 9.02. The number of nitrogens with zero attached hydrogens (tertiary/aromatic N) is 4. The number of carbonyl (C=O) groups is 3. The normalized spacial score (nSPS) is 15.8. The lowest BCUT2D eigenvalue weighted by molar-refractivity contribution is -0.170. The number of aromatic nitrogens is 2. The minimum Gasteiger partial charge on any atom is -0.481 e. The van der Waals surface area contributed by atoms with Gasteiger partial charge in [-0.25, -0.2) is 14.8 Å². The predicted octanol–water partition coefficient (Wildman–Crippen LogP) is 2.77. The third-order valence-corrected chi connectivity index (χ3v) is 6.91. The molecule has 2 aromatic rings. The third kappa shape index (κ3) is 9.33. The average molecular weight is 613 g/mol. The number of halogens is 3. The molecular weight excluding hydrogens is 577 g/mol. The number of morpholine rings is 1. The van der Waals surface area contributed by atoms with Gasteiger partial charge in [0.1, 0.15) is 11.6 Å². The van der Waals surface area contributed by atoms with Crippen LogP contribution in [-0.2, 0) is 44.8 Å². The number of benzene rings is 1. The molecule has 0 unspecified atom stereocenters. The van der Waals surface area contributed by atoms with E-state index in [0.29, 0.717) is 31.9 Å². The fourth-order valence-electron chi connectivity index (χ4n) is 4.73. The number of alkyl halides is 3. The lowest BCUT2D eigenvalue weighted by Gasteiger charge is -2.34. The van der Waals surface area contributed by atoms with Crippen LogP contribution < -0.4 is 4.90 Å². The highest BCUT2D eigenvalue weighted by Gasteiger charge is 2.40. The maximum absolute atomic E-state index is 13.0. The van der Waals surface area contributed by atoms with Gasteiger partial charge < -0.3 is 30.1 Å². The largest absolute Gasteiger partial charge is 0.481 e. The molecule has 0 aliphatic carbocycles. The van der Waals surface area contributed by atoms with Gasteiger partial charge in [0, 0.05) is 44.2 Å². The van der Waals surface area contributed by atoms with Crippen LogP contribution in [0, 0.1) is 0 Å². The van der Waals surface area contributed by atoms with E-state index < -0.39 is 48.1 Å². The van der Waals surface area contributed by atoms with Gasteiger partial charge in [-0.3, -0.25) is 14.5 Å². The van der Waals surface area contributed by atoms with Gasteiger partial charge in [-0.2, -0.15) is 13.2 Å². The number of ether oxygens (including phenoxy) is 1. The highest BCUT2D eigenvalue weighted by molar-refractivity contribution is 5.88. The van der Waals surface area contributed by atoms with E-state index in [0.717, 1.165) is 49.5 Å². The fourth-order valence-corrected chi connectivity index (χ4v) is 4.73. The van der Waals surface area contributed by atoms with E-state index in [4.69, 9.17) is 35.1 Å². The quantitative estimate of drug-likeness (QED) is 0.327. The minimum absolute atomic E-state index is 0.203. The van der Waals surface area contributed by atoms with Gasteiger partial charge in [0.25, 0.3) is 0 Å². The second-order valence-electron chi connectivity index (χ2n) is 10.7. The molecule has 4 rings (SSSR count). The Kier molecular flexibility index (Phi) is 11.0. The number of fused-ring (bicyclic) bond motifs is 1.